The van der Waals surface area contributed by atoms with Crippen LogP contribution in [0.4, 0.5) is 4.39 Å². The van der Waals surface area contributed by atoms with Gasteiger partial charge in [-0.15, -0.1) is 0 Å². The smallest absolute Gasteiger partial charge is 0.319 e. The van der Waals surface area contributed by atoms with Crippen LogP contribution in [0.5, 0.6) is 0 Å². The highest BCUT2D eigenvalue weighted by atomic mass is 32.2. The zero-order valence-electron chi connectivity index (χ0n) is 14.0. The maximum Gasteiger partial charge on any atom is 0.319 e. The highest BCUT2D eigenvalue weighted by molar-refractivity contribution is 7.77. The molecular weight excluding hydrogens is 351 g/mol. The Morgan fingerprint density at radius 1 is 1.44 bits per heavy atom. The molecule has 2 rings (SSSR count). The minimum atomic E-state index is -2.20. The number of benzene rings is 1. The van der Waals surface area contributed by atoms with Crippen molar-refractivity contribution >= 4 is 17.2 Å². The molecule has 1 unspecified atom stereocenters. The second kappa shape index (κ2) is 9.35. The van der Waals surface area contributed by atoms with Gasteiger partial charge in [-0.2, -0.15) is 0 Å². The van der Waals surface area contributed by atoms with Crippen molar-refractivity contribution in [1.82, 2.24) is 10.0 Å². The zero-order valence-corrected chi connectivity index (χ0v) is 14.9. The first-order valence-electron chi connectivity index (χ1n) is 8.08. The summed E-state index contributed by atoms with van der Waals surface area (Å²) in [4.78, 5) is 11.7. The van der Waals surface area contributed by atoms with Crippen LogP contribution >= 0.6 is 0 Å². The van der Waals surface area contributed by atoms with E-state index in [2.05, 4.69) is 10.0 Å². The number of rotatable bonds is 8. The number of hydrogen-bond donors (Lipinski definition) is 3. The fourth-order valence-electron chi connectivity index (χ4n) is 2.87. The van der Waals surface area contributed by atoms with Crippen LogP contribution in [0.25, 0.3) is 0 Å². The van der Waals surface area contributed by atoms with E-state index in [0.717, 1.165) is 0 Å². The summed E-state index contributed by atoms with van der Waals surface area (Å²) in [5.74, 6) is -0.834. The van der Waals surface area contributed by atoms with Gasteiger partial charge < -0.3 is 9.47 Å². The van der Waals surface area contributed by atoms with Gasteiger partial charge in [0, 0.05) is 30.9 Å². The van der Waals surface area contributed by atoms with E-state index in [4.69, 9.17) is 14.0 Å². The van der Waals surface area contributed by atoms with Crippen molar-refractivity contribution in [3.05, 3.63) is 35.1 Å². The van der Waals surface area contributed by atoms with Gasteiger partial charge in [0.05, 0.1) is 13.2 Å². The second-order valence-electron chi connectivity index (χ2n) is 5.73. The third kappa shape index (κ3) is 5.55. The monoisotopic (exact) mass is 374 g/mol. The van der Waals surface area contributed by atoms with Crippen molar-refractivity contribution in [3.8, 4) is 0 Å². The first kappa shape index (κ1) is 19.9. The Morgan fingerprint density at radius 2 is 2.16 bits per heavy atom. The minimum absolute atomic E-state index is 0.0300. The lowest BCUT2D eigenvalue weighted by molar-refractivity contribution is -0.142. The fourth-order valence-corrected chi connectivity index (χ4v) is 3.15. The summed E-state index contributed by atoms with van der Waals surface area (Å²) in [5.41, 5.74) is 0.433. The zero-order chi connectivity index (χ0) is 18.3. The van der Waals surface area contributed by atoms with Crippen molar-refractivity contribution in [2.24, 2.45) is 0 Å². The highest BCUT2D eigenvalue weighted by Gasteiger charge is 2.35. The van der Waals surface area contributed by atoms with Crippen LogP contribution in [0.15, 0.2) is 18.2 Å². The van der Waals surface area contributed by atoms with Crippen molar-refractivity contribution in [2.75, 3.05) is 26.4 Å². The van der Waals surface area contributed by atoms with Crippen LogP contribution in [0.2, 0.25) is 0 Å². The van der Waals surface area contributed by atoms with Crippen LogP contribution in [-0.2, 0) is 37.6 Å². The number of nitrogens with one attached hydrogen (secondary N) is 2. The lowest BCUT2D eigenvalue weighted by Gasteiger charge is -2.38. The van der Waals surface area contributed by atoms with E-state index in [-0.39, 0.29) is 19.1 Å². The Labute approximate surface area is 148 Å². The minimum Gasteiger partial charge on any atom is -0.465 e. The standard InChI is InChI=1S/C16H23FN2O5S/c1-2-24-15(20)11-18-16(5-7-23-8-6-16)13-4-3-12(14(17)9-13)10-19-25(21)22/h3-4,9,18-19H,2,5-8,10-11H2,1H3,(H,21,22). The molecular formula is C16H23FN2O5S. The van der Waals surface area contributed by atoms with Gasteiger partial charge in [0.25, 0.3) is 0 Å². The number of carbonyl (C=O) groups excluding carboxylic acids is 1. The third-order valence-corrected chi connectivity index (χ3v) is 4.61. The molecule has 0 spiro atoms. The lowest BCUT2D eigenvalue weighted by Crippen LogP contribution is -2.49. The van der Waals surface area contributed by atoms with Crippen LogP contribution in [-0.4, -0.2) is 41.1 Å². The van der Waals surface area contributed by atoms with Gasteiger partial charge in [0.15, 0.2) is 0 Å². The van der Waals surface area contributed by atoms with E-state index in [9.17, 15) is 13.4 Å². The van der Waals surface area contributed by atoms with E-state index < -0.39 is 22.6 Å². The van der Waals surface area contributed by atoms with E-state index in [0.29, 0.717) is 43.8 Å². The molecule has 0 aliphatic carbocycles. The molecule has 9 heteroatoms. The number of halogens is 1. The molecule has 0 radical (unpaired) electrons. The van der Waals surface area contributed by atoms with Crippen molar-refractivity contribution in [3.63, 3.8) is 0 Å². The SMILES string of the molecule is CCOC(=O)CNC1(c2ccc(CNS(=O)O)c(F)c2)CCOCC1. The van der Waals surface area contributed by atoms with E-state index in [1.807, 2.05) is 0 Å². The van der Waals surface area contributed by atoms with Crippen LogP contribution < -0.4 is 10.0 Å². The molecule has 1 saturated heterocycles. The summed E-state index contributed by atoms with van der Waals surface area (Å²) >= 11 is -2.20. The summed E-state index contributed by atoms with van der Waals surface area (Å²) in [7, 11) is 0. The quantitative estimate of drug-likeness (QED) is 0.468. The molecule has 1 aromatic rings. The Kier molecular flexibility index (Phi) is 7.45. The summed E-state index contributed by atoms with van der Waals surface area (Å²) in [6.07, 6.45) is 1.20. The van der Waals surface area contributed by atoms with Gasteiger partial charge in [-0.3, -0.25) is 14.7 Å². The largest absolute Gasteiger partial charge is 0.465 e. The summed E-state index contributed by atoms with van der Waals surface area (Å²) in [6.45, 7) is 3.03. The van der Waals surface area contributed by atoms with Crippen LogP contribution in [0.3, 0.4) is 0 Å². The molecule has 3 N–H and O–H groups in total. The maximum atomic E-state index is 14.4. The Hall–Kier alpha value is -1.39. The van der Waals surface area contributed by atoms with Crippen LogP contribution in [0, 0.1) is 5.82 Å². The maximum absolute atomic E-state index is 14.4. The average molecular weight is 374 g/mol. The van der Waals surface area contributed by atoms with Gasteiger partial charge >= 0.3 is 5.97 Å². The van der Waals surface area contributed by atoms with E-state index in [1.54, 1.807) is 19.1 Å². The Morgan fingerprint density at radius 3 is 2.76 bits per heavy atom. The number of hydrogen-bond acceptors (Lipinski definition) is 5. The topological polar surface area (TPSA) is 96.9 Å². The van der Waals surface area contributed by atoms with Crippen LogP contribution in [0.1, 0.15) is 30.9 Å². The normalized spacial score (nSPS) is 17.9. The molecule has 0 amide bonds. The Bertz CT molecular complexity index is 623. The Balaban J connectivity index is 2.18. The molecule has 1 atom stereocenters. The lowest BCUT2D eigenvalue weighted by atomic mass is 9.82. The molecule has 0 saturated carbocycles. The van der Waals surface area contributed by atoms with E-state index >= 15 is 0 Å². The van der Waals surface area contributed by atoms with Gasteiger partial charge in [0.2, 0.25) is 11.3 Å². The van der Waals surface area contributed by atoms with Crippen molar-refractivity contribution in [2.45, 2.75) is 31.8 Å². The first-order valence-corrected chi connectivity index (χ1v) is 9.19. The molecule has 1 heterocycles. The molecule has 1 fully saturated rings. The number of carbonyl (C=O) groups is 1. The predicted molar refractivity (Wildman–Crippen MR) is 90.4 cm³/mol. The molecule has 25 heavy (non-hydrogen) atoms. The van der Waals surface area contributed by atoms with Gasteiger partial charge in [0.1, 0.15) is 5.82 Å². The molecule has 0 aromatic heterocycles. The molecule has 1 aliphatic rings. The molecule has 7 nitrogen and oxygen atoms in total. The molecule has 0 bridgehead atoms. The second-order valence-corrected chi connectivity index (χ2v) is 6.52. The van der Waals surface area contributed by atoms with Crippen molar-refractivity contribution < 1.29 is 27.4 Å². The summed E-state index contributed by atoms with van der Waals surface area (Å²) < 4.78 is 46.4. The molecule has 1 aliphatic heterocycles. The summed E-state index contributed by atoms with van der Waals surface area (Å²) in [5, 5.41) is 3.21. The van der Waals surface area contributed by atoms with Gasteiger partial charge in [-0.1, -0.05) is 12.1 Å². The average Bonchev–Trinajstić information content (AvgIpc) is 2.60. The van der Waals surface area contributed by atoms with Gasteiger partial charge in [-0.25, -0.2) is 13.3 Å². The fraction of sp³-hybridized carbons (Fsp3) is 0.562. The third-order valence-electron chi connectivity index (χ3n) is 4.21. The predicted octanol–water partition coefficient (Wildman–Crippen LogP) is 1.21. The molecule has 140 valence electrons. The van der Waals surface area contributed by atoms with E-state index in [1.165, 1.54) is 6.07 Å². The van der Waals surface area contributed by atoms with Gasteiger partial charge in [-0.05, 0) is 31.4 Å². The summed E-state index contributed by atoms with van der Waals surface area (Å²) in [6, 6.07) is 4.75. The molecule has 1 aromatic carbocycles. The highest BCUT2D eigenvalue weighted by Crippen LogP contribution is 2.33. The first-order chi connectivity index (χ1) is 12.0. The number of ether oxygens (including phenoxy) is 2. The van der Waals surface area contributed by atoms with Crippen molar-refractivity contribution in [1.29, 1.82) is 0 Å². The number of esters is 1.